The zero-order valence-corrected chi connectivity index (χ0v) is 14.6. The second kappa shape index (κ2) is 8.89. The normalized spacial score (nSPS) is 11.9. The van der Waals surface area contributed by atoms with Gasteiger partial charge in [-0.1, -0.05) is 32.6 Å². The van der Waals surface area contributed by atoms with Gasteiger partial charge < -0.3 is 25.2 Å². The van der Waals surface area contributed by atoms with E-state index in [9.17, 15) is 24.9 Å². The number of phenols is 2. The van der Waals surface area contributed by atoms with Crippen LogP contribution in [0.15, 0.2) is 30.7 Å². The van der Waals surface area contributed by atoms with Gasteiger partial charge in [-0.3, -0.25) is 4.79 Å². The molecular formula is C18H23N3O5. The average molecular weight is 361 g/mol. The van der Waals surface area contributed by atoms with E-state index in [4.69, 9.17) is 0 Å². The van der Waals surface area contributed by atoms with Crippen LogP contribution >= 0.6 is 0 Å². The summed E-state index contributed by atoms with van der Waals surface area (Å²) in [6.07, 6.45) is 7.26. The van der Waals surface area contributed by atoms with Gasteiger partial charge in [-0.15, -0.1) is 0 Å². The van der Waals surface area contributed by atoms with Crippen LogP contribution in [0, 0.1) is 0 Å². The molecule has 0 bridgehead atoms. The first-order chi connectivity index (χ1) is 12.4. The molecule has 1 aromatic heterocycles. The Hall–Kier alpha value is -3.03. The summed E-state index contributed by atoms with van der Waals surface area (Å²) in [5, 5.41) is 30.7. The van der Waals surface area contributed by atoms with Crippen LogP contribution in [0.5, 0.6) is 11.5 Å². The first kappa shape index (κ1) is 19.3. The molecule has 0 saturated heterocycles. The van der Waals surface area contributed by atoms with Gasteiger partial charge in [-0.2, -0.15) is 0 Å². The lowest BCUT2D eigenvalue weighted by Crippen LogP contribution is -2.18. The molecule has 2 aromatic rings. The summed E-state index contributed by atoms with van der Waals surface area (Å²) in [6, 6.07) is 2.97. The van der Waals surface area contributed by atoms with Gasteiger partial charge in [-0.25, -0.2) is 9.78 Å². The molecule has 1 heterocycles. The second-order valence-electron chi connectivity index (χ2n) is 6.07. The number of aliphatic carboxylic acids is 1. The zero-order chi connectivity index (χ0) is 19.1. The molecule has 0 radical (unpaired) electrons. The fourth-order valence-electron chi connectivity index (χ4n) is 2.59. The van der Waals surface area contributed by atoms with Crippen molar-refractivity contribution in [3.63, 3.8) is 0 Å². The summed E-state index contributed by atoms with van der Waals surface area (Å²) < 4.78 is 1.47. The predicted molar refractivity (Wildman–Crippen MR) is 95.4 cm³/mol. The van der Waals surface area contributed by atoms with Gasteiger partial charge in [0, 0.05) is 11.8 Å². The highest BCUT2D eigenvalue weighted by Gasteiger charge is 2.20. The standard InChI is InChI=1S/C18H23N3O5/c1-2-3-4-5-6-13(18(25)26)21-10-16(19-11-21)20-17(24)12-7-8-14(22)15(23)9-12/h7-11,13,22-23H,2-6H2,1H3,(H,20,24)(H,25,26). The van der Waals surface area contributed by atoms with Gasteiger partial charge in [0.25, 0.3) is 5.91 Å². The summed E-state index contributed by atoms with van der Waals surface area (Å²) in [4.78, 5) is 27.7. The van der Waals surface area contributed by atoms with Crippen LogP contribution in [0.25, 0.3) is 0 Å². The second-order valence-corrected chi connectivity index (χ2v) is 6.07. The van der Waals surface area contributed by atoms with Crippen molar-refractivity contribution < 1.29 is 24.9 Å². The molecule has 140 valence electrons. The molecule has 1 atom stereocenters. The zero-order valence-electron chi connectivity index (χ0n) is 14.6. The number of nitrogens with one attached hydrogen (secondary N) is 1. The maximum Gasteiger partial charge on any atom is 0.326 e. The fourth-order valence-corrected chi connectivity index (χ4v) is 2.59. The van der Waals surface area contributed by atoms with Crippen LogP contribution in [-0.2, 0) is 4.79 Å². The summed E-state index contributed by atoms with van der Waals surface area (Å²) in [6.45, 7) is 2.09. The van der Waals surface area contributed by atoms with Gasteiger partial charge >= 0.3 is 5.97 Å². The Morgan fingerprint density at radius 2 is 1.96 bits per heavy atom. The molecule has 8 nitrogen and oxygen atoms in total. The van der Waals surface area contributed by atoms with Crippen molar-refractivity contribution in [2.75, 3.05) is 5.32 Å². The lowest BCUT2D eigenvalue weighted by molar-refractivity contribution is -0.141. The number of unbranched alkanes of at least 4 members (excludes halogenated alkanes) is 3. The van der Waals surface area contributed by atoms with Crippen molar-refractivity contribution in [2.45, 2.75) is 45.1 Å². The van der Waals surface area contributed by atoms with Gasteiger partial charge in [0.05, 0.1) is 6.33 Å². The first-order valence-electron chi connectivity index (χ1n) is 8.52. The minimum Gasteiger partial charge on any atom is -0.504 e. The van der Waals surface area contributed by atoms with Crippen molar-refractivity contribution in [2.24, 2.45) is 0 Å². The minimum absolute atomic E-state index is 0.143. The van der Waals surface area contributed by atoms with E-state index in [2.05, 4.69) is 17.2 Å². The number of hydrogen-bond donors (Lipinski definition) is 4. The molecule has 0 aliphatic carbocycles. The number of carboxylic acid groups (broad SMARTS) is 1. The van der Waals surface area contributed by atoms with E-state index in [-0.39, 0.29) is 17.1 Å². The Morgan fingerprint density at radius 1 is 1.19 bits per heavy atom. The van der Waals surface area contributed by atoms with Crippen molar-refractivity contribution in [3.8, 4) is 11.5 Å². The molecule has 2 rings (SSSR count). The van der Waals surface area contributed by atoms with Crippen LogP contribution in [0.2, 0.25) is 0 Å². The smallest absolute Gasteiger partial charge is 0.326 e. The lowest BCUT2D eigenvalue weighted by Gasteiger charge is -2.13. The highest BCUT2D eigenvalue weighted by Crippen LogP contribution is 2.25. The highest BCUT2D eigenvalue weighted by molar-refractivity contribution is 6.04. The number of anilines is 1. The average Bonchev–Trinajstić information content (AvgIpc) is 3.04. The van der Waals surface area contributed by atoms with Crippen molar-refractivity contribution in [1.29, 1.82) is 0 Å². The first-order valence-corrected chi connectivity index (χ1v) is 8.52. The molecule has 0 spiro atoms. The van der Waals surface area contributed by atoms with E-state index < -0.39 is 23.7 Å². The summed E-state index contributed by atoms with van der Waals surface area (Å²) >= 11 is 0. The van der Waals surface area contributed by atoms with Crippen LogP contribution < -0.4 is 5.32 Å². The van der Waals surface area contributed by atoms with E-state index >= 15 is 0 Å². The Labute approximate surface area is 151 Å². The number of aromatic hydroxyl groups is 2. The van der Waals surface area contributed by atoms with Crippen molar-refractivity contribution in [1.82, 2.24) is 9.55 Å². The summed E-state index contributed by atoms with van der Waals surface area (Å²) in [7, 11) is 0. The molecule has 0 aliphatic heterocycles. The third-order valence-electron chi connectivity index (χ3n) is 4.06. The number of nitrogens with zero attached hydrogens (tertiary/aromatic N) is 2. The largest absolute Gasteiger partial charge is 0.504 e. The van der Waals surface area contributed by atoms with E-state index in [0.29, 0.717) is 6.42 Å². The van der Waals surface area contributed by atoms with E-state index in [1.165, 1.54) is 29.2 Å². The number of hydrogen-bond acceptors (Lipinski definition) is 5. The Bertz CT molecular complexity index is 772. The molecular weight excluding hydrogens is 338 g/mol. The molecule has 1 unspecified atom stereocenters. The molecule has 26 heavy (non-hydrogen) atoms. The number of carboxylic acids is 1. The Balaban J connectivity index is 2.03. The Morgan fingerprint density at radius 3 is 2.62 bits per heavy atom. The summed E-state index contributed by atoms with van der Waals surface area (Å²) in [5.41, 5.74) is 0.143. The molecule has 0 aliphatic rings. The SMILES string of the molecule is CCCCCCC(C(=O)O)n1cnc(NC(=O)c2ccc(O)c(O)c2)c1. The van der Waals surface area contributed by atoms with Crippen LogP contribution in [0.1, 0.15) is 55.4 Å². The topological polar surface area (TPSA) is 125 Å². The maximum absolute atomic E-state index is 12.2. The maximum atomic E-state index is 12.2. The quantitative estimate of drug-likeness (QED) is 0.402. The van der Waals surface area contributed by atoms with E-state index in [0.717, 1.165) is 31.7 Å². The molecule has 4 N–H and O–H groups in total. The van der Waals surface area contributed by atoms with Gasteiger partial charge in [0.2, 0.25) is 0 Å². The predicted octanol–water partition coefficient (Wildman–Crippen LogP) is 3.14. The number of phenolic OH excluding ortho intramolecular Hbond substituents is 2. The van der Waals surface area contributed by atoms with Gasteiger partial charge in [0.1, 0.15) is 6.04 Å². The molecule has 0 fully saturated rings. The number of imidazole rings is 1. The monoisotopic (exact) mass is 361 g/mol. The molecule has 1 aromatic carbocycles. The lowest BCUT2D eigenvalue weighted by atomic mass is 10.1. The summed E-state index contributed by atoms with van der Waals surface area (Å²) in [5.74, 6) is -1.98. The number of rotatable bonds is 9. The molecule has 8 heteroatoms. The Kier molecular flexibility index (Phi) is 6.60. The molecule has 1 amide bonds. The minimum atomic E-state index is -0.944. The van der Waals surface area contributed by atoms with Crippen molar-refractivity contribution >= 4 is 17.7 Å². The third-order valence-corrected chi connectivity index (χ3v) is 4.06. The van der Waals surface area contributed by atoms with E-state index in [1.54, 1.807) is 0 Å². The van der Waals surface area contributed by atoms with Crippen LogP contribution in [0.4, 0.5) is 5.82 Å². The van der Waals surface area contributed by atoms with E-state index in [1.807, 2.05) is 0 Å². The fraction of sp³-hybridized carbons (Fsp3) is 0.389. The molecule has 0 saturated carbocycles. The van der Waals surface area contributed by atoms with Gasteiger partial charge in [0.15, 0.2) is 17.3 Å². The third kappa shape index (κ3) is 4.98. The number of amides is 1. The number of benzene rings is 1. The number of carbonyl (C=O) groups excluding carboxylic acids is 1. The highest BCUT2D eigenvalue weighted by atomic mass is 16.4. The van der Waals surface area contributed by atoms with Gasteiger partial charge in [-0.05, 0) is 24.6 Å². The number of carbonyl (C=O) groups is 2. The van der Waals surface area contributed by atoms with Crippen LogP contribution in [0.3, 0.4) is 0 Å². The van der Waals surface area contributed by atoms with Crippen LogP contribution in [-0.4, -0.2) is 36.7 Å². The van der Waals surface area contributed by atoms with Crippen molar-refractivity contribution in [3.05, 3.63) is 36.3 Å². The number of aromatic nitrogens is 2.